The van der Waals surface area contributed by atoms with Gasteiger partial charge in [-0.3, -0.25) is 9.36 Å². The van der Waals surface area contributed by atoms with Crippen molar-refractivity contribution in [2.45, 2.75) is 42.7 Å². The molecule has 1 aromatic heterocycles. The summed E-state index contributed by atoms with van der Waals surface area (Å²) in [6.45, 7) is 4.02. The number of ether oxygens (including phenoxy) is 1. The molecule has 9 heteroatoms. The van der Waals surface area contributed by atoms with Crippen LogP contribution in [0.3, 0.4) is 0 Å². The van der Waals surface area contributed by atoms with E-state index in [-0.39, 0.29) is 17.3 Å². The molecule has 0 amide bonds. The molecule has 0 saturated carbocycles. The Bertz CT molecular complexity index is 1210. The van der Waals surface area contributed by atoms with E-state index in [0.29, 0.717) is 17.5 Å². The van der Waals surface area contributed by atoms with E-state index in [1.807, 2.05) is 37.3 Å². The van der Waals surface area contributed by atoms with Crippen LogP contribution in [0.1, 0.15) is 37.7 Å². The smallest absolute Gasteiger partial charge is 0.277 e. The van der Waals surface area contributed by atoms with Crippen LogP contribution in [-0.2, 0) is 21.2 Å². The molecule has 1 N–H and O–H groups in total. The zero-order chi connectivity index (χ0) is 22.6. The quantitative estimate of drug-likeness (QED) is 0.494. The summed E-state index contributed by atoms with van der Waals surface area (Å²) >= 11 is 3.26. The van der Waals surface area contributed by atoms with Gasteiger partial charge in [0.15, 0.2) is 4.90 Å². The predicted octanol–water partition coefficient (Wildman–Crippen LogP) is 4.08. The van der Waals surface area contributed by atoms with Gasteiger partial charge in [0, 0.05) is 11.1 Å². The van der Waals surface area contributed by atoms with Crippen molar-refractivity contribution in [1.82, 2.24) is 9.55 Å². The summed E-state index contributed by atoms with van der Waals surface area (Å²) < 4.78 is 33.9. The van der Waals surface area contributed by atoms with Gasteiger partial charge in [0.2, 0.25) is 15.7 Å². The SMILES string of the molecule is CCOCc1nc(O)c(S(=O)(=O)c2ccc(Br)cc2)c(=O)n1[C@@H](CC)c1ccccc1. The normalized spacial score (nSPS) is 12.6. The van der Waals surface area contributed by atoms with Crippen molar-refractivity contribution in [3.05, 3.63) is 80.8 Å². The van der Waals surface area contributed by atoms with Crippen molar-refractivity contribution in [2.24, 2.45) is 0 Å². The monoisotopic (exact) mass is 506 g/mol. The highest BCUT2D eigenvalue weighted by Gasteiger charge is 2.31. The summed E-state index contributed by atoms with van der Waals surface area (Å²) in [5.74, 6) is -0.670. The Hall–Kier alpha value is -2.49. The van der Waals surface area contributed by atoms with E-state index in [2.05, 4.69) is 20.9 Å². The molecule has 0 aliphatic heterocycles. The fourth-order valence-corrected chi connectivity index (χ4v) is 4.98. The van der Waals surface area contributed by atoms with Crippen molar-refractivity contribution >= 4 is 25.8 Å². The van der Waals surface area contributed by atoms with Crippen molar-refractivity contribution in [3.63, 3.8) is 0 Å². The molecule has 0 aliphatic carbocycles. The van der Waals surface area contributed by atoms with Crippen LogP contribution in [0, 0.1) is 0 Å². The largest absolute Gasteiger partial charge is 0.492 e. The van der Waals surface area contributed by atoms with Gasteiger partial charge in [0.1, 0.15) is 12.4 Å². The van der Waals surface area contributed by atoms with E-state index in [1.165, 1.54) is 16.7 Å². The molecular weight excluding hydrogens is 484 g/mol. The number of nitrogens with zero attached hydrogens (tertiary/aromatic N) is 2. The summed E-state index contributed by atoms with van der Waals surface area (Å²) in [4.78, 5) is 16.8. The summed E-state index contributed by atoms with van der Waals surface area (Å²) in [7, 11) is -4.31. The second-order valence-electron chi connectivity index (χ2n) is 6.79. The molecule has 7 nitrogen and oxygen atoms in total. The van der Waals surface area contributed by atoms with Crippen LogP contribution in [-0.4, -0.2) is 29.7 Å². The molecule has 1 atom stereocenters. The first-order valence-corrected chi connectivity index (χ1v) is 12.1. The number of aromatic hydroxyl groups is 1. The maximum absolute atomic E-state index is 13.6. The van der Waals surface area contributed by atoms with Crippen molar-refractivity contribution < 1.29 is 18.3 Å². The van der Waals surface area contributed by atoms with E-state index in [0.717, 1.165) is 5.56 Å². The number of hydrogen-bond acceptors (Lipinski definition) is 6. The fraction of sp³-hybridized carbons (Fsp3) is 0.273. The van der Waals surface area contributed by atoms with Crippen molar-refractivity contribution in [3.8, 4) is 5.88 Å². The third-order valence-corrected chi connectivity index (χ3v) is 7.16. The molecule has 0 saturated heterocycles. The van der Waals surface area contributed by atoms with Gasteiger partial charge in [-0.25, -0.2) is 8.42 Å². The minimum absolute atomic E-state index is 0.0404. The molecule has 0 radical (unpaired) electrons. The maximum Gasteiger partial charge on any atom is 0.277 e. The molecule has 3 rings (SSSR count). The van der Waals surface area contributed by atoms with Crippen LogP contribution in [0.25, 0.3) is 0 Å². The number of hydrogen-bond donors (Lipinski definition) is 1. The Morgan fingerprint density at radius 3 is 2.32 bits per heavy atom. The van der Waals surface area contributed by atoms with E-state index in [1.54, 1.807) is 19.1 Å². The second kappa shape index (κ2) is 9.76. The summed E-state index contributed by atoms with van der Waals surface area (Å²) in [5, 5.41) is 10.5. The molecule has 0 bridgehead atoms. The van der Waals surface area contributed by atoms with E-state index < -0.39 is 32.2 Å². The van der Waals surface area contributed by atoms with Gasteiger partial charge in [0.25, 0.3) is 5.56 Å². The Kier molecular flexibility index (Phi) is 7.30. The highest BCUT2D eigenvalue weighted by atomic mass is 79.9. The molecule has 164 valence electrons. The number of rotatable bonds is 8. The van der Waals surface area contributed by atoms with Gasteiger partial charge < -0.3 is 9.84 Å². The van der Waals surface area contributed by atoms with Crippen LogP contribution in [0.5, 0.6) is 5.88 Å². The third-order valence-electron chi connectivity index (χ3n) is 4.84. The maximum atomic E-state index is 13.6. The van der Waals surface area contributed by atoms with E-state index in [4.69, 9.17) is 4.74 Å². The molecule has 1 heterocycles. The molecule has 0 spiro atoms. The first-order chi connectivity index (χ1) is 14.8. The van der Waals surface area contributed by atoms with Gasteiger partial charge in [0.05, 0.1) is 10.9 Å². The zero-order valence-corrected chi connectivity index (χ0v) is 19.6. The first kappa shape index (κ1) is 23.2. The Balaban J connectivity index is 2.29. The van der Waals surface area contributed by atoms with Gasteiger partial charge in [-0.15, -0.1) is 0 Å². The zero-order valence-electron chi connectivity index (χ0n) is 17.2. The second-order valence-corrected chi connectivity index (χ2v) is 9.59. The lowest BCUT2D eigenvalue weighted by molar-refractivity contribution is 0.122. The van der Waals surface area contributed by atoms with Crippen LogP contribution in [0.4, 0.5) is 0 Å². The Morgan fingerprint density at radius 1 is 1.10 bits per heavy atom. The predicted molar refractivity (Wildman–Crippen MR) is 120 cm³/mol. The lowest BCUT2D eigenvalue weighted by Crippen LogP contribution is -2.33. The molecular formula is C22H23BrN2O5S. The summed E-state index contributed by atoms with van der Waals surface area (Å²) in [5.41, 5.74) is -0.00912. The standard InChI is InChI=1S/C22H23BrN2O5S/c1-3-18(15-8-6-5-7-9-15)25-19(14-30-4-2)24-21(26)20(22(25)27)31(28,29)17-12-10-16(23)11-13-17/h5-13,18,26H,3-4,14H2,1-2H3/t18-/m0/s1. The van der Waals surface area contributed by atoms with Gasteiger partial charge in [-0.1, -0.05) is 53.2 Å². The van der Waals surface area contributed by atoms with Gasteiger partial charge in [-0.05, 0) is 43.2 Å². The van der Waals surface area contributed by atoms with Crippen LogP contribution in [0.15, 0.2) is 73.7 Å². The van der Waals surface area contributed by atoms with E-state index >= 15 is 0 Å². The third kappa shape index (κ3) is 4.73. The van der Waals surface area contributed by atoms with Gasteiger partial charge in [-0.2, -0.15) is 4.98 Å². The molecule has 0 unspecified atom stereocenters. The molecule has 0 fully saturated rings. The molecule has 3 aromatic rings. The fourth-order valence-electron chi connectivity index (χ4n) is 3.37. The summed E-state index contributed by atoms with van der Waals surface area (Å²) in [6, 6.07) is 14.6. The molecule has 31 heavy (non-hydrogen) atoms. The summed E-state index contributed by atoms with van der Waals surface area (Å²) in [6.07, 6.45) is 0.507. The van der Waals surface area contributed by atoms with Crippen molar-refractivity contribution in [2.75, 3.05) is 6.61 Å². The average Bonchev–Trinajstić information content (AvgIpc) is 2.75. The molecule has 2 aromatic carbocycles. The lowest BCUT2D eigenvalue weighted by atomic mass is 10.0. The highest BCUT2D eigenvalue weighted by molar-refractivity contribution is 9.10. The van der Waals surface area contributed by atoms with Crippen LogP contribution in [0.2, 0.25) is 0 Å². The number of benzene rings is 2. The van der Waals surface area contributed by atoms with E-state index in [9.17, 15) is 18.3 Å². The highest BCUT2D eigenvalue weighted by Crippen LogP contribution is 2.29. The Morgan fingerprint density at radius 2 is 1.74 bits per heavy atom. The minimum atomic E-state index is -4.31. The average molecular weight is 507 g/mol. The topological polar surface area (TPSA) is 98.5 Å². The number of sulfone groups is 1. The van der Waals surface area contributed by atoms with Crippen LogP contribution < -0.4 is 5.56 Å². The lowest BCUT2D eigenvalue weighted by Gasteiger charge is -2.23. The number of aromatic nitrogens is 2. The molecule has 0 aliphatic rings. The van der Waals surface area contributed by atoms with Crippen LogP contribution >= 0.6 is 15.9 Å². The van der Waals surface area contributed by atoms with Gasteiger partial charge >= 0.3 is 0 Å². The van der Waals surface area contributed by atoms with Crippen molar-refractivity contribution in [1.29, 1.82) is 0 Å². The Labute approximate surface area is 189 Å². The minimum Gasteiger partial charge on any atom is -0.492 e. The number of halogens is 1. The first-order valence-electron chi connectivity index (χ1n) is 9.79.